The SMILES string of the molecule is O=C(NCC1CCCN1)c1sccc1Nc1ccnc2[nH]ccc12. The van der Waals surface area contributed by atoms with Crippen LogP contribution in [0.5, 0.6) is 0 Å². The second-order valence-electron chi connectivity index (χ2n) is 5.89. The molecule has 1 fully saturated rings. The molecule has 0 radical (unpaired) electrons. The predicted molar refractivity (Wildman–Crippen MR) is 97.1 cm³/mol. The quantitative estimate of drug-likeness (QED) is 0.575. The van der Waals surface area contributed by atoms with E-state index in [0.717, 1.165) is 35.4 Å². The number of carbonyl (C=O) groups excluding carboxylic acids is 1. The Balaban J connectivity index is 1.49. The standard InChI is InChI=1S/C17H19N5OS/c23-17(21-10-11-2-1-6-18-11)15-14(5-9-24-15)22-13-4-8-20-16-12(13)3-7-19-16/h3-5,7-9,11,18H,1-2,6,10H2,(H,21,23)(H2,19,20,22). The number of aromatic nitrogens is 2. The first kappa shape index (κ1) is 15.2. The van der Waals surface area contributed by atoms with Gasteiger partial charge in [0, 0.05) is 30.4 Å². The van der Waals surface area contributed by atoms with Crippen molar-refractivity contribution in [3.05, 3.63) is 40.8 Å². The number of carbonyl (C=O) groups is 1. The highest BCUT2D eigenvalue weighted by Gasteiger charge is 2.18. The number of fused-ring (bicyclic) bond motifs is 1. The Kier molecular flexibility index (Phi) is 4.18. The number of aromatic amines is 1. The van der Waals surface area contributed by atoms with Gasteiger partial charge < -0.3 is 20.9 Å². The van der Waals surface area contributed by atoms with E-state index in [-0.39, 0.29) is 5.91 Å². The monoisotopic (exact) mass is 341 g/mol. The topological polar surface area (TPSA) is 81.8 Å². The fraction of sp³-hybridized carbons (Fsp3) is 0.294. The van der Waals surface area contributed by atoms with Crippen LogP contribution in [0, 0.1) is 0 Å². The molecule has 124 valence electrons. The number of thiophene rings is 1. The number of amides is 1. The molecule has 0 bridgehead atoms. The molecule has 1 saturated heterocycles. The van der Waals surface area contributed by atoms with Crippen molar-refractivity contribution in [1.29, 1.82) is 0 Å². The summed E-state index contributed by atoms with van der Waals surface area (Å²) in [4.78, 5) is 20.6. The first-order chi connectivity index (χ1) is 11.8. The molecule has 1 aliphatic heterocycles. The summed E-state index contributed by atoms with van der Waals surface area (Å²) in [6, 6.07) is 6.22. The number of anilines is 2. The van der Waals surface area contributed by atoms with Crippen molar-refractivity contribution in [1.82, 2.24) is 20.6 Å². The zero-order valence-electron chi connectivity index (χ0n) is 13.1. The summed E-state index contributed by atoms with van der Waals surface area (Å²) in [5, 5.41) is 12.7. The first-order valence-electron chi connectivity index (χ1n) is 8.09. The van der Waals surface area contributed by atoms with Gasteiger partial charge in [-0.15, -0.1) is 11.3 Å². The minimum absolute atomic E-state index is 0.0273. The maximum atomic E-state index is 12.5. The van der Waals surface area contributed by atoms with E-state index in [1.807, 2.05) is 29.8 Å². The van der Waals surface area contributed by atoms with Crippen molar-refractivity contribution >= 4 is 39.7 Å². The van der Waals surface area contributed by atoms with E-state index < -0.39 is 0 Å². The van der Waals surface area contributed by atoms with Crippen molar-refractivity contribution in [3.8, 4) is 0 Å². The molecule has 4 N–H and O–H groups in total. The van der Waals surface area contributed by atoms with Gasteiger partial charge in [-0.3, -0.25) is 4.79 Å². The van der Waals surface area contributed by atoms with Crippen LogP contribution in [0.25, 0.3) is 11.0 Å². The minimum Gasteiger partial charge on any atom is -0.354 e. The van der Waals surface area contributed by atoms with Crippen LogP contribution < -0.4 is 16.0 Å². The first-order valence-corrected chi connectivity index (χ1v) is 8.97. The zero-order chi connectivity index (χ0) is 16.4. The van der Waals surface area contributed by atoms with Gasteiger partial charge in [0.15, 0.2) is 0 Å². The summed E-state index contributed by atoms with van der Waals surface area (Å²) in [6.45, 7) is 1.72. The highest BCUT2D eigenvalue weighted by molar-refractivity contribution is 7.12. The van der Waals surface area contributed by atoms with E-state index in [9.17, 15) is 4.79 Å². The third-order valence-corrected chi connectivity index (χ3v) is 5.19. The summed E-state index contributed by atoms with van der Waals surface area (Å²) < 4.78 is 0. The summed E-state index contributed by atoms with van der Waals surface area (Å²) in [6.07, 6.45) is 5.91. The van der Waals surface area contributed by atoms with Crippen LogP contribution in [0.15, 0.2) is 36.0 Å². The average Bonchev–Trinajstić information content (AvgIpc) is 3.34. The molecule has 24 heavy (non-hydrogen) atoms. The molecule has 4 rings (SSSR count). The van der Waals surface area contributed by atoms with Gasteiger partial charge in [-0.1, -0.05) is 0 Å². The Bertz CT molecular complexity index is 849. The maximum Gasteiger partial charge on any atom is 0.263 e. The number of hydrogen-bond acceptors (Lipinski definition) is 5. The number of nitrogens with zero attached hydrogens (tertiary/aromatic N) is 1. The summed E-state index contributed by atoms with van der Waals surface area (Å²) in [5.74, 6) is -0.0273. The van der Waals surface area contributed by atoms with Crippen LogP contribution in [0.4, 0.5) is 11.4 Å². The summed E-state index contributed by atoms with van der Waals surface area (Å²) >= 11 is 1.45. The van der Waals surface area contributed by atoms with Crippen LogP contribution >= 0.6 is 11.3 Å². The van der Waals surface area contributed by atoms with Crippen LogP contribution in [0.3, 0.4) is 0 Å². The van der Waals surface area contributed by atoms with E-state index in [2.05, 4.69) is 25.9 Å². The van der Waals surface area contributed by atoms with Crippen molar-refractivity contribution in [2.45, 2.75) is 18.9 Å². The largest absolute Gasteiger partial charge is 0.354 e. The fourth-order valence-electron chi connectivity index (χ4n) is 3.03. The molecular weight excluding hydrogens is 322 g/mol. The normalized spacial score (nSPS) is 17.2. The molecule has 3 aromatic rings. The van der Waals surface area contributed by atoms with Crippen molar-refractivity contribution in [3.63, 3.8) is 0 Å². The van der Waals surface area contributed by atoms with Crippen molar-refractivity contribution in [2.75, 3.05) is 18.4 Å². The van der Waals surface area contributed by atoms with E-state index >= 15 is 0 Å². The van der Waals surface area contributed by atoms with Gasteiger partial charge in [0.2, 0.25) is 0 Å². The molecule has 7 heteroatoms. The number of rotatable bonds is 5. The van der Waals surface area contributed by atoms with E-state index in [1.165, 1.54) is 17.8 Å². The maximum absolute atomic E-state index is 12.5. The van der Waals surface area contributed by atoms with Crippen LogP contribution in [0.2, 0.25) is 0 Å². The molecule has 1 aliphatic rings. The smallest absolute Gasteiger partial charge is 0.263 e. The molecule has 1 amide bonds. The lowest BCUT2D eigenvalue weighted by atomic mass is 10.2. The number of hydrogen-bond donors (Lipinski definition) is 4. The highest BCUT2D eigenvalue weighted by Crippen LogP contribution is 2.29. The van der Waals surface area contributed by atoms with E-state index in [1.54, 1.807) is 6.20 Å². The summed E-state index contributed by atoms with van der Waals surface area (Å²) in [7, 11) is 0. The lowest BCUT2D eigenvalue weighted by molar-refractivity contribution is 0.0955. The van der Waals surface area contributed by atoms with Crippen LogP contribution in [0.1, 0.15) is 22.5 Å². The third-order valence-electron chi connectivity index (χ3n) is 4.27. The molecule has 3 aromatic heterocycles. The molecule has 1 atom stereocenters. The zero-order valence-corrected chi connectivity index (χ0v) is 14.0. The second kappa shape index (κ2) is 6.62. The minimum atomic E-state index is -0.0273. The lowest BCUT2D eigenvalue weighted by Crippen LogP contribution is -2.37. The van der Waals surface area contributed by atoms with Gasteiger partial charge in [0.05, 0.1) is 11.4 Å². The molecule has 4 heterocycles. The average molecular weight is 341 g/mol. The second-order valence-corrected chi connectivity index (χ2v) is 6.81. The number of H-pyrrole nitrogens is 1. The molecule has 0 saturated carbocycles. The van der Waals surface area contributed by atoms with Gasteiger partial charge in [0.25, 0.3) is 5.91 Å². The molecule has 0 spiro atoms. The van der Waals surface area contributed by atoms with E-state index in [4.69, 9.17) is 0 Å². The molecule has 0 aromatic carbocycles. The Morgan fingerprint density at radius 1 is 1.33 bits per heavy atom. The molecule has 0 aliphatic carbocycles. The third kappa shape index (κ3) is 3.00. The lowest BCUT2D eigenvalue weighted by Gasteiger charge is -2.12. The molecule has 1 unspecified atom stereocenters. The van der Waals surface area contributed by atoms with Gasteiger partial charge >= 0.3 is 0 Å². The fourth-order valence-corrected chi connectivity index (χ4v) is 3.79. The van der Waals surface area contributed by atoms with Crippen LogP contribution in [-0.4, -0.2) is 35.0 Å². The van der Waals surface area contributed by atoms with E-state index in [0.29, 0.717) is 17.5 Å². The van der Waals surface area contributed by atoms with Gasteiger partial charge in [0.1, 0.15) is 10.5 Å². The van der Waals surface area contributed by atoms with Crippen molar-refractivity contribution in [2.24, 2.45) is 0 Å². The Morgan fingerprint density at radius 3 is 3.17 bits per heavy atom. The van der Waals surface area contributed by atoms with Gasteiger partial charge in [-0.2, -0.15) is 0 Å². The summed E-state index contributed by atoms with van der Waals surface area (Å²) in [5.41, 5.74) is 2.59. The van der Waals surface area contributed by atoms with Gasteiger partial charge in [-0.05, 0) is 43.0 Å². The Labute approximate surface area is 143 Å². The number of pyridine rings is 1. The van der Waals surface area contributed by atoms with Gasteiger partial charge in [-0.25, -0.2) is 4.98 Å². The molecule has 6 nitrogen and oxygen atoms in total. The number of nitrogens with one attached hydrogen (secondary N) is 4. The predicted octanol–water partition coefficient (Wildman–Crippen LogP) is 2.85. The Hall–Kier alpha value is -2.38. The Morgan fingerprint density at radius 2 is 2.29 bits per heavy atom. The van der Waals surface area contributed by atoms with Crippen molar-refractivity contribution < 1.29 is 4.79 Å². The highest BCUT2D eigenvalue weighted by atomic mass is 32.1. The molecular formula is C17H19N5OS. The van der Waals surface area contributed by atoms with Crippen LogP contribution in [-0.2, 0) is 0 Å².